The van der Waals surface area contributed by atoms with Gasteiger partial charge in [-0.05, 0) is 56.0 Å². The summed E-state index contributed by atoms with van der Waals surface area (Å²) in [6, 6.07) is 18.0. The van der Waals surface area contributed by atoms with Gasteiger partial charge in [-0.1, -0.05) is 30.3 Å². The Hall–Kier alpha value is -2.37. The third kappa shape index (κ3) is 6.58. The minimum absolute atomic E-state index is 0.0934. The first-order chi connectivity index (χ1) is 14.0. The molecule has 0 spiro atoms. The molecule has 1 aliphatic heterocycles. The number of likely N-dealkylation sites (tertiary alicyclic amines) is 1. The maximum atomic E-state index is 12.4. The summed E-state index contributed by atoms with van der Waals surface area (Å²) in [6.45, 7) is 5.19. The Labute approximate surface area is 173 Å². The summed E-state index contributed by atoms with van der Waals surface area (Å²) < 4.78 is 6.13. The van der Waals surface area contributed by atoms with Crippen molar-refractivity contribution in [3.8, 4) is 5.75 Å². The van der Waals surface area contributed by atoms with E-state index in [0.29, 0.717) is 12.1 Å². The first-order valence-electron chi connectivity index (χ1n) is 10.5. The van der Waals surface area contributed by atoms with Crippen LogP contribution < -0.4 is 4.74 Å². The summed E-state index contributed by atoms with van der Waals surface area (Å²) in [7, 11) is 1.70. The van der Waals surface area contributed by atoms with Crippen molar-refractivity contribution in [3.05, 3.63) is 65.7 Å². The molecule has 3 rings (SSSR count). The lowest BCUT2D eigenvalue weighted by atomic mass is 10.1. The molecule has 1 amide bonds. The summed E-state index contributed by atoms with van der Waals surface area (Å²) in [4.78, 5) is 16.4. The smallest absolute Gasteiger partial charge is 0.253 e. The quantitative estimate of drug-likeness (QED) is 0.744. The number of nitrogens with zero attached hydrogens (tertiary/aromatic N) is 2. The molecule has 2 aromatic carbocycles. The van der Waals surface area contributed by atoms with Crippen molar-refractivity contribution < 1.29 is 14.6 Å². The van der Waals surface area contributed by atoms with Gasteiger partial charge >= 0.3 is 0 Å². The monoisotopic (exact) mass is 396 g/mol. The van der Waals surface area contributed by atoms with Gasteiger partial charge in [0.15, 0.2) is 0 Å². The molecule has 1 heterocycles. The third-order valence-corrected chi connectivity index (χ3v) is 5.38. The number of rotatable bonds is 8. The average molecular weight is 397 g/mol. The molecule has 5 nitrogen and oxygen atoms in total. The first-order valence-corrected chi connectivity index (χ1v) is 10.5. The van der Waals surface area contributed by atoms with Crippen molar-refractivity contribution in [1.29, 1.82) is 0 Å². The molecule has 1 saturated heterocycles. The van der Waals surface area contributed by atoms with Gasteiger partial charge in [0.1, 0.15) is 11.9 Å². The molecule has 2 aromatic rings. The van der Waals surface area contributed by atoms with Crippen molar-refractivity contribution in [2.24, 2.45) is 0 Å². The summed E-state index contributed by atoms with van der Waals surface area (Å²) in [5.41, 5.74) is 2.00. The van der Waals surface area contributed by atoms with Crippen LogP contribution in [-0.2, 0) is 6.42 Å². The second-order valence-electron chi connectivity index (χ2n) is 7.95. The minimum Gasteiger partial charge on any atom is -0.490 e. The predicted octanol–water partition coefficient (Wildman–Crippen LogP) is 3.23. The number of aliphatic hydroxyl groups is 1. The van der Waals surface area contributed by atoms with Crippen molar-refractivity contribution in [2.75, 3.05) is 33.2 Å². The van der Waals surface area contributed by atoms with Crippen molar-refractivity contribution in [2.45, 2.75) is 38.4 Å². The standard InChI is InChI=1S/C24H32N2O3/c1-19(27)18-25(2)24(28)21-8-10-22(11-9-21)29-23-13-16-26(17-14-23)15-12-20-6-4-3-5-7-20/h3-11,19,23,27H,12-18H2,1-2H3. The van der Waals surface area contributed by atoms with Gasteiger partial charge in [0, 0.05) is 38.8 Å². The van der Waals surface area contributed by atoms with Crippen LogP contribution in [0.4, 0.5) is 0 Å². The van der Waals surface area contributed by atoms with E-state index < -0.39 is 6.10 Å². The second kappa shape index (κ2) is 10.4. The van der Waals surface area contributed by atoms with Crippen LogP contribution in [0.15, 0.2) is 54.6 Å². The van der Waals surface area contributed by atoms with Crippen LogP contribution in [0.25, 0.3) is 0 Å². The fraction of sp³-hybridized carbons (Fsp3) is 0.458. The van der Waals surface area contributed by atoms with E-state index in [4.69, 9.17) is 4.74 Å². The zero-order valence-corrected chi connectivity index (χ0v) is 17.5. The highest BCUT2D eigenvalue weighted by Gasteiger charge is 2.20. The molecule has 156 valence electrons. The predicted molar refractivity (Wildman–Crippen MR) is 115 cm³/mol. The maximum absolute atomic E-state index is 12.4. The molecule has 29 heavy (non-hydrogen) atoms. The number of hydrogen-bond donors (Lipinski definition) is 1. The molecular weight excluding hydrogens is 364 g/mol. The number of carbonyl (C=O) groups is 1. The molecule has 5 heteroatoms. The van der Waals surface area contributed by atoms with Gasteiger partial charge in [0.2, 0.25) is 0 Å². The lowest BCUT2D eigenvalue weighted by Crippen LogP contribution is -2.39. The van der Waals surface area contributed by atoms with Gasteiger partial charge in [-0.3, -0.25) is 4.79 Å². The molecule has 1 aliphatic rings. The van der Waals surface area contributed by atoms with Crippen molar-refractivity contribution in [3.63, 3.8) is 0 Å². The first kappa shape index (κ1) is 21.3. The van der Waals surface area contributed by atoms with E-state index in [1.165, 1.54) is 10.5 Å². The highest BCUT2D eigenvalue weighted by atomic mass is 16.5. The fourth-order valence-electron chi connectivity index (χ4n) is 3.75. The summed E-state index contributed by atoms with van der Waals surface area (Å²) >= 11 is 0. The Morgan fingerprint density at radius 1 is 1.14 bits per heavy atom. The second-order valence-corrected chi connectivity index (χ2v) is 7.95. The SMILES string of the molecule is CC(O)CN(C)C(=O)c1ccc(OC2CCN(CCc3ccccc3)CC2)cc1. The number of amides is 1. The molecule has 1 N–H and O–H groups in total. The van der Waals surface area contributed by atoms with E-state index in [1.54, 1.807) is 26.1 Å². The topological polar surface area (TPSA) is 53.0 Å². The highest BCUT2D eigenvalue weighted by Crippen LogP contribution is 2.20. The van der Waals surface area contributed by atoms with Gasteiger partial charge in [0.25, 0.3) is 5.91 Å². The van der Waals surface area contributed by atoms with E-state index >= 15 is 0 Å². The normalized spacial score (nSPS) is 16.4. The number of piperidine rings is 1. The molecular formula is C24H32N2O3. The maximum Gasteiger partial charge on any atom is 0.253 e. The van der Waals surface area contributed by atoms with Crippen molar-refractivity contribution >= 4 is 5.91 Å². The number of aliphatic hydroxyl groups excluding tert-OH is 1. The van der Waals surface area contributed by atoms with Crippen LogP contribution in [-0.4, -0.2) is 66.2 Å². The Morgan fingerprint density at radius 3 is 2.41 bits per heavy atom. The zero-order valence-electron chi connectivity index (χ0n) is 17.5. The van der Waals surface area contributed by atoms with Gasteiger partial charge < -0.3 is 19.6 Å². The van der Waals surface area contributed by atoms with E-state index in [1.807, 2.05) is 12.1 Å². The van der Waals surface area contributed by atoms with E-state index in [-0.39, 0.29) is 12.0 Å². The van der Waals surface area contributed by atoms with Crippen LogP contribution in [0.1, 0.15) is 35.7 Å². The van der Waals surface area contributed by atoms with E-state index in [0.717, 1.165) is 44.6 Å². The number of benzene rings is 2. The van der Waals surface area contributed by atoms with Crippen LogP contribution in [0.3, 0.4) is 0 Å². The van der Waals surface area contributed by atoms with Crippen molar-refractivity contribution in [1.82, 2.24) is 9.80 Å². The zero-order chi connectivity index (χ0) is 20.6. The Balaban J connectivity index is 1.42. The minimum atomic E-state index is -0.537. The van der Waals surface area contributed by atoms with Crippen LogP contribution >= 0.6 is 0 Å². The van der Waals surface area contributed by atoms with Gasteiger partial charge in [-0.2, -0.15) is 0 Å². The Kier molecular flexibility index (Phi) is 7.67. The Morgan fingerprint density at radius 2 is 1.79 bits per heavy atom. The van der Waals surface area contributed by atoms with Gasteiger partial charge in [-0.25, -0.2) is 0 Å². The highest BCUT2D eigenvalue weighted by molar-refractivity contribution is 5.94. The number of carbonyl (C=O) groups excluding carboxylic acids is 1. The number of hydrogen-bond acceptors (Lipinski definition) is 4. The van der Waals surface area contributed by atoms with Crippen LogP contribution in [0, 0.1) is 0 Å². The van der Waals surface area contributed by atoms with Gasteiger partial charge in [0.05, 0.1) is 6.10 Å². The lowest BCUT2D eigenvalue weighted by Gasteiger charge is -2.32. The molecule has 1 fully saturated rings. The van der Waals surface area contributed by atoms with Crippen LogP contribution in [0.2, 0.25) is 0 Å². The van der Waals surface area contributed by atoms with E-state index in [9.17, 15) is 9.90 Å². The largest absolute Gasteiger partial charge is 0.490 e. The molecule has 0 bridgehead atoms. The molecule has 1 unspecified atom stereocenters. The fourth-order valence-corrected chi connectivity index (χ4v) is 3.75. The van der Waals surface area contributed by atoms with Gasteiger partial charge in [-0.15, -0.1) is 0 Å². The molecule has 0 radical (unpaired) electrons. The van der Waals surface area contributed by atoms with E-state index in [2.05, 4.69) is 35.2 Å². The molecule has 0 aliphatic carbocycles. The molecule has 0 aromatic heterocycles. The lowest BCUT2D eigenvalue weighted by molar-refractivity contribution is 0.0703. The number of ether oxygens (including phenoxy) is 1. The summed E-state index contributed by atoms with van der Waals surface area (Å²) in [6.07, 6.45) is 2.82. The third-order valence-electron chi connectivity index (χ3n) is 5.38. The number of likely N-dealkylation sites (N-methyl/N-ethyl adjacent to an activating group) is 1. The summed E-state index contributed by atoms with van der Waals surface area (Å²) in [5.74, 6) is 0.714. The molecule has 1 atom stereocenters. The van der Waals surface area contributed by atoms with Crippen LogP contribution in [0.5, 0.6) is 5.75 Å². The molecule has 0 saturated carbocycles. The summed E-state index contributed by atoms with van der Waals surface area (Å²) in [5, 5.41) is 9.44. The average Bonchev–Trinajstić information content (AvgIpc) is 2.73. The Bertz CT molecular complexity index is 753.